The Hall–Kier alpha value is -2.12. The van der Waals surface area contributed by atoms with Crippen molar-refractivity contribution in [1.82, 2.24) is 5.32 Å². The average Bonchev–Trinajstić information content (AvgIpc) is 2.44. The van der Waals surface area contributed by atoms with Gasteiger partial charge < -0.3 is 10.1 Å². The van der Waals surface area contributed by atoms with Crippen molar-refractivity contribution in [2.75, 3.05) is 19.8 Å². The summed E-state index contributed by atoms with van der Waals surface area (Å²) in [6.45, 7) is 5.69. The number of nitriles is 1. The molecule has 0 aliphatic carbocycles. The van der Waals surface area contributed by atoms with Crippen molar-refractivity contribution in [3.05, 3.63) is 41.0 Å². The molecule has 1 aromatic carbocycles. The lowest BCUT2D eigenvalue weighted by Gasteiger charge is -2.04. The van der Waals surface area contributed by atoms with Crippen molar-refractivity contribution >= 4 is 12.0 Å². The summed E-state index contributed by atoms with van der Waals surface area (Å²) >= 11 is 0. The molecule has 0 aromatic heterocycles. The van der Waals surface area contributed by atoms with Crippen molar-refractivity contribution in [2.45, 2.75) is 20.3 Å². The summed E-state index contributed by atoms with van der Waals surface area (Å²) in [5.41, 5.74) is 2.06. The molecule has 0 saturated heterocycles. The molecule has 4 heteroatoms. The smallest absolute Gasteiger partial charge is 0.261 e. The zero-order chi connectivity index (χ0) is 14.8. The van der Waals surface area contributed by atoms with E-state index in [1.54, 1.807) is 6.08 Å². The zero-order valence-electron chi connectivity index (χ0n) is 12.0. The molecule has 1 N–H and O–H groups in total. The molecule has 0 heterocycles. The molecule has 1 amide bonds. The Balaban J connectivity index is 2.57. The number of ether oxygens (including phenoxy) is 1. The molecule has 4 nitrogen and oxygen atoms in total. The average molecular weight is 272 g/mol. The zero-order valence-corrected chi connectivity index (χ0v) is 12.0. The van der Waals surface area contributed by atoms with Gasteiger partial charge in [-0.2, -0.15) is 5.26 Å². The van der Waals surface area contributed by atoms with E-state index in [1.165, 1.54) is 0 Å². The van der Waals surface area contributed by atoms with Gasteiger partial charge in [-0.05, 0) is 31.9 Å². The van der Waals surface area contributed by atoms with Crippen molar-refractivity contribution in [3.8, 4) is 6.07 Å². The number of rotatable bonds is 7. The lowest BCUT2D eigenvalue weighted by atomic mass is 10.1. The number of hydrogen-bond acceptors (Lipinski definition) is 3. The van der Waals surface area contributed by atoms with E-state index in [4.69, 9.17) is 10.00 Å². The highest BCUT2D eigenvalue weighted by Gasteiger charge is 2.08. The Bertz CT molecular complexity index is 515. The van der Waals surface area contributed by atoms with Crippen LogP contribution in [0.1, 0.15) is 24.5 Å². The van der Waals surface area contributed by atoms with E-state index in [9.17, 15) is 4.79 Å². The summed E-state index contributed by atoms with van der Waals surface area (Å²) in [5.74, 6) is -0.342. The topological polar surface area (TPSA) is 62.1 Å². The Morgan fingerprint density at radius 2 is 2.30 bits per heavy atom. The molecule has 0 saturated carbocycles. The molecular formula is C16H20N2O2. The Kier molecular flexibility index (Phi) is 7.08. The maximum atomic E-state index is 11.9. The van der Waals surface area contributed by atoms with E-state index in [0.29, 0.717) is 19.8 Å². The highest BCUT2D eigenvalue weighted by molar-refractivity contribution is 6.01. The van der Waals surface area contributed by atoms with Gasteiger partial charge in [0.2, 0.25) is 0 Å². The van der Waals surface area contributed by atoms with Crippen LogP contribution in [0.25, 0.3) is 6.08 Å². The molecule has 0 radical (unpaired) electrons. The van der Waals surface area contributed by atoms with E-state index in [-0.39, 0.29) is 11.5 Å². The van der Waals surface area contributed by atoms with Gasteiger partial charge in [0.1, 0.15) is 11.6 Å². The maximum absolute atomic E-state index is 11.9. The normalized spacial score (nSPS) is 10.9. The number of amides is 1. The van der Waals surface area contributed by atoms with Crippen molar-refractivity contribution in [2.24, 2.45) is 0 Å². The molecule has 0 atom stereocenters. The first-order chi connectivity index (χ1) is 9.67. The summed E-state index contributed by atoms with van der Waals surface area (Å²) in [6, 6.07) is 9.61. The fourth-order valence-corrected chi connectivity index (χ4v) is 1.69. The highest BCUT2D eigenvalue weighted by Crippen LogP contribution is 2.09. The van der Waals surface area contributed by atoms with Gasteiger partial charge >= 0.3 is 0 Å². The Morgan fingerprint density at radius 3 is 2.95 bits per heavy atom. The first kappa shape index (κ1) is 15.9. The predicted molar refractivity (Wildman–Crippen MR) is 78.9 cm³/mol. The highest BCUT2D eigenvalue weighted by atomic mass is 16.5. The molecule has 106 valence electrons. The SMILES string of the molecule is CCOCCCNC(=O)/C(C#N)=C/c1cccc(C)c1. The molecule has 0 bridgehead atoms. The minimum Gasteiger partial charge on any atom is -0.382 e. The van der Waals surface area contributed by atoms with E-state index in [2.05, 4.69) is 5.32 Å². The maximum Gasteiger partial charge on any atom is 0.261 e. The van der Waals surface area contributed by atoms with Gasteiger partial charge in [-0.15, -0.1) is 0 Å². The first-order valence-corrected chi connectivity index (χ1v) is 6.71. The van der Waals surface area contributed by atoms with E-state index in [1.807, 2.05) is 44.2 Å². The van der Waals surface area contributed by atoms with Crippen LogP contribution in [-0.4, -0.2) is 25.7 Å². The van der Waals surface area contributed by atoms with Crippen molar-refractivity contribution < 1.29 is 9.53 Å². The van der Waals surface area contributed by atoms with Gasteiger partial charge in [0.05, 0.1) is 0 Å². The second-order valence-corrected chi connectivity index (χ2v) is 4.39. The summed E-state index contributed by atoms with van der Waals surface area (Å²) in [7, 11) is 0. The summed E-state index contributed by atoms with van der Waals surface area (Å²) in [5, 5.41) is 11.8. The van der Waals surface area contributed by atoms with Crippen LogP contribution in [0.15, 0.2) is 29.8 Å². The van der Waals surface area contributed by atoms with Gasteiger partial charge in [0.15, 0.2) is 0 Å². The standard InChI is InChI=1S/C16H20N2O2/c1-3-20-9-5-8-18-16(19)15(12-17)11-14-7-4-6-13(2)10-14/h4,6-7,10-11H,3,5,8-9H2,1-2H3,(H,18,19)/b15-11+. The molecule has 20 heavy (non-hydrogen) atoms. The lowest BCUT2D eigenvalue weighted by Crippen LogP contribution is -2.26. The predicted octanol–water partition coefficient (Wildman–Crippen LogP) is 2.44. The number of aryl methyl sites for hydroxylation is 1. The van der Waals surface area contributed by atoms with Crippen LogP contribution in [0.3, 0.4) is 0 Å². The third-order valence-electron chi connectivity index (χ3n) is 2.67. The number of hydrogen-bond donors (Lipinski definition) is 1. The number of carbonyl (C=O) groups is 1. The van der Waals surface area contributed by atoms with Crippen LogP contribution in [0.4, 0.5) is 0 Å². The Morgan fingerprint density at radius 1 is 1.50 bits per heavy atom. The van der Waals surface area contributed by atoms with E-state index < -0.39 is 0 Å². The van der Waals surface area contributed by atoms with Gasteiger partial charge in [-0.3, -0.25) is 4.79 Å². The quantitative estimate of drug-likeness (QED) is 0.471. The van der Waals surface area contributed by atoms with Crippen LogP contribution in [0.5, 0.6) is 0 Å². The second kappa shape index (κ2) is 8.89. The van der Waals surface area contributed by atoms with Crippen LogP contribution >= 0.6 is 0 Å². The minimum absolute atomic E-state index is 0.118. The third kappa shape index (κ3) is 5.68. The number of nitrogens with one attached hydrogen (secondary N) is 1. The molecule has 1 aromatic rings. The monoisotopic (exact) mass is 272 g/mol. The summed E-state index contributed by atoms with van der Waals surface area (Å²) in [4.78, 5) is 11.9. The molecule has 0 fully saturated rings. The largest absolute Gasteiger partial charge is 0.382 e. The van der Waals surface area contributed by atoms with E-state index in [0.717, 1.165) is 17.5 Å². The number of nitrogens with zero attached hydrogens (tertiary/aromatic N) is 1. The van der Waals surface area contributed by atoms with Crippen LogP contribution < -0.4 is 5.32 Å². The Labute approximate surface area is 120 Å². The first-order valence-electron chi connectivity index (χ1n) is 6.71. The molecular weight excluding hydrogens is 252 g/mol. The fraction of sp³-hybridized carbons (Fsp3) is 0.375. The van der Waals surface area contributed by atoms with Gasteiger partial charge in [0.25, 0.3) is 5.91 Å². The van der Waals surface area contributed by atoms with Crippen LogP contribution in [0, 0.1) is 18.3 Å². The van der Waals surface area contributed by atoms with Gasteiger partial charge in [0, 0.05) is 19.8 Å². The summed E-state index contributed by atoms with van der Waals surface area (Å²) < 4.78 is 5.18. The fourth-order valence-electron chi connectivity index (χ4n) is 1.69. The lowest BCUT2D eigenvalue weighted by molar-refractivity contribution is -0.117. The minimum atomic E-state index is -0.342. The van der Waals surface area contributed by atoms with Crippen molar-refractivity contribution in [3.63, 3.8) is 0 Å². The summed E-state index contributed by atoms with van der Waals surface area (Å²) in [6.07, 6.45) is 2.34. The third-order valence-corrected chi connectivity index (χ3v) is 2.67. The number of carbonyl (C=O) groups excluding carboxylic acids is 1. The second-order valence-electron chi connectivity index (χ2n) is 4.39. The van der Waals surface area contributed by atoms with Gasteiger partial charge in [-0.1, -0.05) is 29.8 Å². The van der Waals surface area contributed by atoms with Crippen molar-refractivity contribution in [1.29, 1.82) is 5.26 Å². The van der Waals surface area contributed by atoms with Crippen LogP contribution in [-0.2, 0) is 9.53 Å². The van der Waals surface area contributed by atoms with E-state index >= 15 is 0 Å². The molecule has 0 unspecified atom stereocenters. The molecule has 1 rings (SSSR count). The molecule has 0 spiro atoms. The molecule has 0 aliphatic heterocycles. The van der Waals surface area contributed by atoms with Crippen LogP contribution in [0.2, 0.25) is 0 Å². The number of benzene rings is 1. The van der Waals surface area contributed by atoms with Gasteiger partial charge in [-0.25, -0.2) is 0 Å². The molecule has 0 aliphatic rings.